The molecule has 2 N–H and O–H groups in total. The average Bonchev–Trinajstić information content (AvgIpc) is 2.54. The minimum atomic E-state index is -3.61. The summed E-state index contributed by atoms with van der Waals surface area (Å²) in [7, 11) is -3.61. The van der Waals surface area contributed by atoms with Crippen molar-refractivity contribution in [1.29, 1.82) is 0 Å². The first-order valence-corrected chi connectivity index (χ1v) is 8.88. The molecule has 0 fully saturated rings. The van der Waals surface area contributed by atoms with E-state index in [0.29, 0.717) is 5.56 Å². The van der Waals surface area contributed by atoms with E-state index in [1.807, 2.05) is 6.92 Å². The van der Waals surface area contributed by atoms with Crippen molar-refractivity contribution in [2.24, 2.45) is 0 Å². The highest BCUT2D eigenvalue weighted by atomic mass is 32.2. The van der Waals surface area contributed by atoms with Crippen LogP contribution in [0.25, 0.3) is 0 Å². The second-order valence-electron chi connectivity index (χ2n) is 5.43. The molecule has 128 valence electrons. The van der Waals surface area contributed by atoms with E-state index < -0.39 is 21.7 Å². The second-order valence-corrected chi connectivity index (χ2v) is 7.20. The van der Waals surface area contributed by atoms with Crippen molar-refractivity contribution >= 4 is 15.9 Å². The number of hydrogen-bond acceptors (Lipinski definition) is 3. The first kappa shape index (κ1) is 18.1. The van der Waals surface area contributed by atoms with E-state index in [9.17, 15) is 17.6 Å². The van der Waals surface area contributed by atoms with Crippen molar-refractivity contribution in [3.8, 4) is 0 Å². The van der Waals surface area contributed by atoms with Crippen LogP contribution in [0.2, 0.25) is 0 Å². The van der Waals surface area contributed by atoms with E-state index in [2.05, 4.69) is 10.0 Å². The first-order chi connectivity index (χ1) is 11.3. The zero-order valence-electron chi connectivity index (χ0n) is 13.5. The molecular formula is C17H19FN2O3S. The Morgan fingerprint density at radius 1 is 1.04 bits per heavy atom. The fraction of sp³-hybridized carbons (Fsp3) is 0.235. The number of carbonyl (C=O) groups excluding carboxylic acids is 1. The van der Waals surface area contributed by atoms with Crippen molar-refractivity contribution in [3.05, 3.63) is 65.0 Å². The van der Waals surface area contributed by atoms with Gasteiger partial charge in [0, 0.05) is 18.7 Å². The van der Waals surface area contributed by atoms with Crippen LogP contribution >= 0.6 is 0 Å². The summed E-state index contributed by atoms with van der Waals surface area (Å²) < 4.78 is 40.0. The highest BCUT2D eigenvalue weighted by Crippen LogP contribution is 2.10. The quantitative estimate of drug-likeness (QED) is 0.784. The zero-order valence-corrected chi connectivity index (χ0v) is 14.3. The number of carbonyl (C=O) groups is 1. The van der Waals surface area contributed by atoms with Gasteiger partial charge in [-0.05, 0) is 43.7 Å². The molecule has 7 heteroatoms. The van der Waals surface area contributed by atoms with Crippen molar-refractivity contribution in [2.45, 2.75) is 18.7 Å². The van der Waals surface area contributed by atoms with Gasteiger partial charge in [0.05, 0.1) is 4.90 Å². The Bertz CT molecular complexity index is 833. The maximum atomic E-state index is 13.4. The summed E-state index contributed by atoms with van der Waals surface area (Å²) in [5.74, 6) is -0.911. The number of nitrogens with one attached hydrogen (secondary N) is 2. The van der Waals surface area contributed by atoms with Crippen LogP contribution in [0.4, 0.5) is 4.39 Å². The van der Waals surface area contributed by atoms with Crippen LogP contribution in [0.5, 0.6) is 0 Å². The van der Waals surface area contributed by atoms with Crippen LogP contribution in [0.1, 0.15) is 21.5 Å². The van der Waals surface area contributed by atoms with Crippen LogP contribution in [0.3, 0.4) is 0 Å². The van der Waals surface area contributed by atoms with Gasteiger partial charge >= 0.3 is 0 Å². The maximum absolute atomic E-state index is 13.4. The molecule has 0 bridgehead atoms. The lowest BCUT2D eigenvalue weighted by atomic mass is 10.1. The molecule has 2 rings (SSSR count). The molecule has 0 aliphatic carbocycles. The van der Waals surface area contributed by atoms with Crippen molar-refractivity contribution in [1.82, 2.24) is 10.0 Å². The molecule has 2 aromatic rings. The summed E-state index contributed by atoms with van der Waals surface area (Å²) in [4.78, 5) is 12.1. The van der Waals surface area contributed by atoms with Gasteiger partial charge in [-0.1, -0.05) is 23.8 Å². The summed E-state index contributed by atoms with van der Waals surface area (Å²) in [6.07, 6.45) is 0. The molecule has 0 aliphatic heterocycles. The van der Waals surface area contributed by atoms with Crippen LogP contribution in [-0.2, 0) is 10.0 Å². The summed E-state index contributed by atoms with van der Waals surface area (Å²) in [5.41, 5.74) is 1.61. The van der Waals surface area contributed by atoms with Crippen LogP contribution in [-0.4, -0.2) is 27.4 Å². The minimum absolute atomic E-state index is 0.0380. The minimum Gasteiger partial charge on any atom is -0.351 e. The van der Waals surface area contributed by atoms with Crippen molar-refractivity contribution < 1.29 is 17.6 Å². The summed E-state index contributed by atoms with van der Waals surface area (Å²) in [5, 5.41) is 2.55. The molecule has 0 heterocycles. The fourth-order valence-electron chi connectivity index (χ4n) is 2.00. The van der Waals surface area contributed by atoms with E-state index in [1.165, 1.54) is 24.3 Å². The predicted octanol–water partition coefficient (Wildman–Crippen LogP) is 2.15. The molecule has 0 radical (unpaired) electrons. The number of sulfonamides is 1. The van der Waals surface area contributed by atoms with Gasteiger partial charge in [-0.15, -0.1) is 0 Å². The molecule has 0 spiro atoms. The number of benzene rings is 2. The van der Waals surface area contributed by atoms with E-state index in [0.717, 1.165) is 11.6 Å². The van der Waals surface area contributed by atoms with Crippen LogP contribution in [0.15, 0.2) is 47.4 Å². The SMILES string of the molecule is Cc1ccc(S(=O)(=O)NCCNC(=O)c2ccc(C)c(F)c2)cc1. The molecule has 24 heavy (non-hydrogen) atoms. The number of halogens is 1. The number of amides is 1. The monoisotopic (exact) mass is 350 g/mol. The Balaban J connectivity index is 1.86. The highest BCUT2D eigenvalue weighted by molar-refractivity contribution is 7.89. The highest BCUT2D eigenvalue weighted by Gasteiger charge is 2.13. The second kappa shape index (κ2) is 7.55. The van der Waals surface area contributed by atoms with Crippen molar-refractivity contribution in [3.63, 3.8) is 0 Å². The molecule has 0 aliphatic rings. The fourth-order valence-corrected chi connectivity index (χ4v) is 3.03. The third kappa shape index (κ3) is 4.62. The summed E-state index contributed by atoms with van der Waals surface area (Å²) in [6, 6.07) is 10.6. The van der Waals surface area contributed by atoms with Gasteiger partial charge in [-0.3, -0.25) is 4.79 Å². The van der Waals surface area contributed by atoms with Gasteiger partial charge in [0.2, 0.25) is 10.0 Å². The Morgan fingerprint density at radius 2 is 1.71 bits per heavy atom. The van der Waals surface area contributed by atoms with Gasteiger partial charge in [0.15, 0.2) is 0 Å². The van der Waals surface area contributed by atoms with Crippen LogP contribution < -0.4 is 10.0 Å². The lowest BCUT2D eigenvalue weighted by Crippen LogP contribution is -2.34. The van der Waals surface area contributed by atoms with Crippen LogP contribution in [0, 0.1) is 19.7 Å². The Labute approximate surface area is 141 Å². The third-order valence-electron chi connectivity index (χ3n) is 3.47. The molecule has 1 amide bonds. The Hall–Kier alpha value is -2.25. The average molecular weight is 350 g/mol. The largest absolute Gasteiger partial charge is 0.351 e. The molecule has 0 saturated carbocycles. The molecule has 0 unspecified atom stereocenters. The van der Waals surface area contributed by atoms with Gasteiger partial charge < -0.3 is 5.32 Å². The topological polar surface area (TPSA) is 75.3 Å². The van der Waals surface area contributed by atoms with E-state index in [1.54, 1.807) is 19.1 Å². The summed E-state index contributed by atoms with van der Waals surface area (Å²) in [6.45, 7) is 3.61. The number of rotatable bonds is 6. The third-order valence-corrected chi connectivity index (χ3v) is 4.94. The summed E-state index contributed by atoms with van der Waals surface area (Å²) >= 11 is 0. The molecule has 0 atom stereocenters. The van der Waals surface area contributed by atoms with Crippen molar-refractivity contribution in [2.75, 3.05) is 13.1 Å². The Morgan fingerprint density at radius 3 is 2.33 bits per heavy atom. The standard InChI is InChI=1S/C17H19FN2O3S/c1-12-3-7-15(8-4-12)24(22,23)20-10-9-19-17(21)14-6-5-13(2)16(18)11-14/h3-8,11,20H,9-10H2,1-2H3,(H,19,21). The lowest BCUT2D eigenvalue weighted by Gasteiger charge is -2.09. The molecule has 0 aromatic heterocycles. The number of aryl methyl sites for hydroxylation is 2. The Kier molecular flexibility index (Phi) is 5.69. The van der Waals surface area contributed by atoms with Gasteiger partial charge in [-0.2, -0.15) is 0 Å². The van der Waals surface area contributed by atoms with Gasteiger partial charge in [0.1, 0.15) is 5.82 Å². The first-order valence-electron chi connectivity index (χ1n) is 7.40. The van der Waals surface area contributed by atoms with E-state index in [4.69, 9.17) is 0 Å². The van der Waals surface area contributed by atoms with Gasteiger partial charge in [-0.25, -0.2) is 17.5 Å². The smallest absolute Gasteiger partial charge is 0.251 e. The molecule has 2 aromatic carbocycles. The molecular weight excluding hydrogens is 331 g/mol. The zero-order chi connectivity index (χ0) is 17.7. The van der Waals surface area contributed by atoms with E-state index in [-0.39, 0.29) is 23.5 Å². The normalized spacial score (nSPS) is 11.3. The molecule has 5 nitrogen and oxygen atoms in total. The lowest BCUT2D eigenvalue weighted by molar-refractivity contribution is 0.0954. The predicted molar refractivity (Wildman–Crippen MR) is 89.8 cm³/mol. The number of hydrogen-bond donors (Lipinski definition) is 2. The maximum Gasteiger partial charge on any atom is 0.251 e. The van der Waals surface area contributed by atoms with E-state index >= 15 is 0 Å². The molecule has 0 saturated heterocycles. The van der Waals surface area contributed by atoms with Gasteiger partial charge in [0.25, 0.3) is 5.91 Å².